The first-order chi connectivity index (χ1) is 8.13. The van der Waals surface area contributed by atoms with Gasteiger partial charge in [0.15, 0.2) is 0 Å². The molecule has 0 aromatic heterocycles. The fourth-order valence-corrected chi connectivity index (χ4v) is 3.43. The first kappa shape index (κ1) is 11.5. The minimum absolute atomic E-state index is 0.318. The maximum atomic E-state index is 6.24. The predicted molar refractivity (Wildman–Crippen MR) is 71.0 cm³/mol. The van der Waals surface area contributed by atoms with Crippen LogP contribution in [0.25, 0.3) is 0 Å². The fourth-order valence-electron chi connectivity index (χ4n) is 2.68. The zero-order chi connectivity index (χ0) is 12.0. The summed E-state index contributed by atoms with van der Waals surface area (Å²) >= 11 is 12.5. The summed E-state index contributed by atoms with van der Waals surface area (Å²) in [6, 6.07) is 3.50. The van der Waals surface area contributed by atoms with E-state index in [1.807, 2.05) is 0 Å². The van der Waals surface area contributed by atoms with Gasteiger partial charge in [-0.05, 0) is 25.0 Å². The van der Waals surface area contributed by atoms with E-state index in [2.05, 4.69) is 4.90 Å². The van der Waals surface area contributed by atoms with Crippen LogP contribution in [0.15, 0.2) is 12.1 Å². The van der Waals surface area contributed by atoms with Crippen molar-refractivity contribution < 1.29 is 4.74 Å². The smallest absolute Gasteiger partial charge is 0.0755 e. The van der Waals surface area contributed by atoms with Crippen molar-refractivity contribution in [2.24, 2.45) is 0 Å². The Morgan fingerprint density at radius 3 is 2.18 bits per heavy atom. The van der Waals surface area contributed by atoms with Crippen LogP contribution < -0.4 is 10.6 Å². The number of nitrogens with zero attached hydrogens (tertiary/aromatic N) is 1. The van der Waals surface area contributed by atoms with Crippen LogP contribution in [0.2, 0.25) is 10.0 Å². The molecular weight excluding hydrogens is 259 g/mol. The van der Waals surface area contributed by atoms with Crippen LogP contribution in [-0.4, -0.2) is 25.3 Å². The first-order valence-corrected chi connectivity index (χ1v) is 6.54. The van der Waals surface area contributed by atoms with E-state index in [1.54, 1.807) is 12.1 Å². The summed E-state index contributed by atoms with van der Waals surface area (Å²) in [6.07, 6.45) is 2.90. The summed E-state index contributed by atoms with van der Waals surface area (Å²) in [4.78, 5) is 2.22. The van der Waals surface area contributed by atoms with E-state index >= 15 is 0 Å². The third kappa shape index (κ3) is 2.07. The summed E-state index contributed by atoms with van der Waals surface area (Å²) in [5.74, 6) is 0. The van der Waals surface area contributed by atoms with Gasteiger partial charge in [-0.15, -0.1) is 0 Å². The van der Waals surface area contributed by atoms with Gasteiger partial charge in [0.1, 0.15) is 0 Å². The molecule has 2 fully saturated rings. The first-order valence-electron chi connectivity index (χ1n) is 5.78. The number of hydrogen-bond acceptors (Lipinski definition) is 3. The molecule has 2 unspecified atom stereocenters. The highest BCUT2D eigenvalue weighted by Gasteiger charge is 2.35. The number of halogens is 2. The maximum Gasteiger partial charge on any atom is 0.0755 e. The molecule has 1 aromatic rings. The number of rotatable bonds is 1. The van der Waals surface area contributed by atoms with Crippen molar-refractivity contribution in [3.05, 3.63) is 22.2 Å². The van der Waals surface area contributed by atoms with Gasteiger partial charge in [-0.25, -0.2) is 0 Å². The lowest BCUT2D eigenvalue weighted by Crippen LogP contribution is -2.42. The van der Waals surface area contributed by atoms with Crippen molar-refractivity contribution in [2.45, 2.75) is 25.0 Å². The van der Waals surface area contributed by atoms with Crippen molar-refractivity contribution >= 4 is 34.6 Å². The van der Waals surface area contributed by atoms with Crippen molar-refractivity contribution in [2.75, 3.05) is 23.7 Å². The Hall–Kier alpha value is -0.640. The van der Waals surface area contributed by atoms with Gasteiger partial charge in [0, 0.05) is 18.8 Å². The highest BCUT2D eigenvalue weighted by Crippen LogP contribution is 2.39. The van der Waals surface area contributed by atoms with Crippen LogP contribution in [-0.2, 0) is 4.74 Å². The van der Waals surface area contributed by atoms with E-state index in [1.165, 1.54) is 0 Å². The zero-order valence-electron chi connectivity index (χ0n) is 9.33. The summed E-state index contributed by atoms with van der Waals surface area (Å²) in [5, 5.41) is 1.24. The van der Waals surface area contributed by atoms with Gasteiger partial charge in [-0.1, -0.05) is 23.2 Å². The molecule has 2 aliphatic rings. The Kier molecular flexibility index (Phi) is 2.85. The van der Waals surface area contributed by atoms with Gasteiger partial charge >= 0.3 is 0 Å². The third-order valence-corrected chi connectivity index (χ3v) is 3.98. The SMILES string of the molecule is Nc1cc(Cl)c(N2CC3CCC(C2)O3)c(Cl)c1. The molecule has 2 bridgehead atoms. The number of fused-ring (bicyclic) bond motifs is 2. The van der Waals surface area contributed by atoms with Crippen molar-refractivity contribution in [3.8, 4) is 0 Å². The largest absolute Gasteiger partial charge is 0.399 e. The zero-order valence-corrected chi connectivity index (χ0v) is 10.8. The summed E-state index contributed by atoms with van der Waals surface area (Å²) in [5.41, 5.74) is 7.20. The van der Waals surface area contributed by atoms with E-state index in [0.29, 0.717) is 27.9 Å². The Morgan fingerprint density at radius 2 is 1.65 bits per heavy atom. The summed E-state index contributed by atoms with van der Waals surface area (Å²) in [7, 11) is 0. The molecule has 2 N–H and O–H groups in total. The monoisotopic (exact) mass is 272 g/mol. The number of anilines is 2. The normalized spacial score (nSPS) is 27.5. The van der Waals surface area contributed by atoms with Gasteiger partial charge < -0.3 is 15.4 Å². The van der Waals surface area contributed by atoms with E-state index in [-0.39, 0.29) is 0 Å². The number of benzene rings is 1. The maximum absolute atomic E-state index is 6.24. The van der Waals surface area contributed by atoms with E-state index in [4.69, 9.17) is 33.7 Å². The van der Waals surface area contributed by atoms with Gasteiger partial charge in [0.05, 0.1) is 27.9 Å². The highest BCUT2D eigenvalue weighted by atomic mass is 35.5. The van der Waals surface area contributed by atoms with Crippen LogP contribution >= 0.6 is 23.2 Å². The average molecular weight is 273 g/mol. The molecule has 17 heavy (non-hydrogen) atoms. The molecule has 92 valence electrons. The molecule has 0 aliphatic carbocycles. The molecule has 2 aliphatic heterocycles. The minimum Gasteiger partial charge on any atom is -0.399 e. The highest BCUT2D eigenvalue weighted by molar-refractivity contribution is 6.39. The number of ether oxygens (including phenoxy) is 1. The van der Waals surface area contributed by atoms with Crippen LogP contribution in [0.1, 0.15) is 12.8 Å². The predicted octanol–water partition coefficient (Wildman–Crippen LogP) is 2.94. The molecule has 2 heterocycles. The van der Waals surface area contributed by atoms with Gasteiger partial charge in [-0.2, -0.15) is 0 Å². The van der Waals surface area contributed by atoms with Crippen LogP contribution in [0.4, 0.5) is 11.4 Å². The number of nitrogens with two attached hydrogens (primary N) is 1. The Morgan fingerprint density at radius 1 is 1.12 bits per heavy atom. The van der Waals surface area contributed by atoms with E-state index < -0.39 is 0 Å². The number of nitrogen functional groups attached to an aromatic ring is 1. The van der Waals surface area contributed by atoms with Crippen LogP contribution in [0.5, 0.6) is 0 Å². The summed E-state index contributed by atoms with van der Waals surface area (Å²) < 4.78 is 5.80. The lowest BCUT2D eigenvalue weighted by atomic mass is 10.2. The van der Waals surface area contributed by atoms with Crippen LogP contribution in [0.3, 0.4) is 0 Å². The molecule has 3 rings (SSSR count). The minimum atomic E-state index is 0.318. The second kappa shape index (κ2) is 4.23. The van der Waals surface area contributed by atoms with Crippen molar-refractivity contribution in [3.63, 3.8) is 0 Å². The lowest BCUT2D eigenvalue weighted by molar-refractivity contribution is 0.0305. The molecule has 5 heteroatoms. The van der Waals surface area contributed by atoms with Crippen LogP contribution in [0, 0.1) is 0 Å². The second-order valence-corrected chi connectivity index (χ2v) is 5.51. The Balaban J connectivity index is 1.94. The second-order valence-electron chi connectivity index (χ2n) is 4.70. The topological polar surface area (TPSA) is 38.5 Å². The summed E-state index contributed by atoms with van der Waals surface area (Å²) in [6.45, 7) is 1.72. The molecule has 1 aromatic carbocycles. The number of morpholine rings is 1. The Labute approximate surface area is 110 Å². The molecular formula is C12H14Cl2N2O. The fraction of sp³-hybridized carbons (Fsp3) is 0.500. The van der Waals surface area contributed by atoms with Gasteiger partial charge in [0.2, 0.25) is 0 Å². The van der Waals surface area contributed by atoms with Gasteiger partial charge in [-0.3, -0.25) is 0 Å². The third-order valence-electron chi connectivity index (χ3n) is 3.40. The molecule has 0 spiro atoms. The van der Waals surface area contributed by atoms with Gasteiger partial charge in [0.25, 0.3) is 0 Å². The number of hydrogen-bond donors (Lipinski definition) is 1. The molecule has 0 radical (unpaired) electrons. The molecule has 2 saturated heterocycles. The molecule has 0 saturated carbocycles. The average Bonchev–Trinajstić information content (AvgIpc) is 2.56. The van der Waals surface area contributed by atoms with Crippen molar-refractivity contribution in [1.29, 1.82) is 0 Å². The lowest BCUT2D eigenvalue weighted by Gasteiger charge is -2.34. The standard InChI is InChI=1S/C12H14Cl2N2O/c13-10-3-7(15)4-11(14)12(10)16-5-8-1-2-9(6-16)17-8/h3-4,8-9H,1-2,5-6,15H2. The van der Waals surface area contributed by atoms with Crippen molar-refractivity contribution in [1.82, 2.24) is 0 Å². The molecule has 0 amide bonds. The molecule has 3 nitrogen and oxygen atoms in total. The quantitative estimate of drug-likeness (QED) is 0.799. The van der Waals surface area contributed by atoms with E-state index in [9.17, 15) is 0 Å². The molecule has 2 atom stereocenters. The van der Waals surface area contributed by atoms with E-state index in [0.717, 1.165) is 31.6 Å². The Bertz CT molecular complexity index is 417.